The lowest BCUT2D eigenvalue weighted by atomic mass is 10.2. The molecule has 1 N–H and O–H groups in total. The average molecular weight is 337 g/mol. The van der Waals surface area contributed by atoms with Gasteiger partial charge in [-0.1, -0.05) is 18.5 Å². The zero-order valence-corrected chi connectivity index (χ0v) is 13.8. The maximum absolute atomic E-state index is 12.5. The molecule has 0 fully saturated rings. The van der Waals surface area contributed by atoms with Crippen molar-refractivity contribution in [2.24, 2.45) is 0 Å². The first-order valence-corrected chi connectivity index (χ1v) is 7.49. The van der Waals surface area contributed by atoms with Crippen LogP contribution in [0.2, 0.25) is 5.02 Å². The molecule has 8 heteroatoms. The van der Waals surface area contributed by atoms with Crippen LogP contribution in [0.3, 0.4) is 0 Å². The number of nitrogens with zero attached hydrogens (tertiary/aromatic N) is 3. The van der Waals surface area contributed by atoms with Gasteiger partial charge in [0.05, 0.1) is 21.3 Å². The van der Waals surface area contributed by atoms with Gasteiger partial charge in [0, 0.05) is 17.8 Å². The summed E-state index contributed by atoms with van der Waals surface area (Å²) in [6, 6.07) is 5.18. The van der Waals surface area contributed by atoms with Crippen molar-refractivity contribution in [1.29, 1.82) is 0 Å². The number of nitrogens with one attached hydrogen (secondary N) is 1. The fourth-order valence-corrected chi connectivity index (χ4v) is 2.43. The number of aryl methyl sites for hydroxylation is 1. The summed E-state index contributed by atoms with van der Waals surface area (Å²) in [6.07, 6.45) is 0.539. The van der Waals surface area contributed by atoms with Gasteiger partial charge >= 0.3 is 0 Å². The van der Waals surface area contributed by atoms with Crippen molar-refractivity contribution in [2.45, 2.75) is 33.2 Å². The van der Waals surface area contributed by atoms with E-state index >= 15 is 0 Å². The number of hydrogen-bond donors (Lipinski definition) is 1. The van der Waals surface area contributed by atoms with E-state index in [0.717, 1.165) is 5.69 Å². The molecular weight excluding hydrogens is 320 g/mol. The van der Waals surface area contributed by atoms with Crippen LogP contribution in [-0.2, 0) is 4.79 Å². The number of halogens is 1. The predicted octanol–water partition coefficient (Wildman–Crippen LogP) is 3.65. The fourth-order valence-electron chi connectivity index (χ4n) is 2.31. The van der Waals surface area contributed by atoms with Crippen molar-refractivity contribution in [3.05, 3.63) is 50.8 Å². The Hall–Kier alpha value is -2.41. The van der Waals surface area contributed by atoms with E-state index in [-0.39, 0.29) is 11.6 Å². The van der Waals surface area contributed by atoms with Gasteiger partial charge in [0.25, 0.3) is 5.69 Å². The number of non-ortho nitro benzene ring substituents is 1. The second-order valence-electron chi connectivity index (χ2n) is 5.15. The van der Waals surface area contributed by atoms with Crippen molar-refractivity contribution in [1.82, 2.24) is 9.78 Å². The third-order valence-corrected chi connectivity index (χ3v) is 4.11. The number of benzene rings is 1. The molecular formula is C15H17ClN4O3. The van der Waals surface area contributed by atoms with E-state index in [1.165, 1.54) is 24.3 Å². The van der Waals surface area contributed by atoms with Gasteiger partial charge < -0.3 is 5.32 Å². The molecule has 2 rings (SSSR count). The van der Waals surface area contributed by atoms with E-state index in [1.807, 2.05) is 13.8 Å². The molecule has 0 saturated carbocycles. The number of aromatic nitrogens is 2. The molecule has 1 amide bonds. The molecule has 0 aliphatic heterocycles. The predicted molar refractivity (Wildman–Crippen MR) is 87.8 cm³/mol. The van der Waals surface area contributed by atoms with Crippen molar-refractivity contribution in [3.63, 3.8) is 0 Å². The molecule has 0 aliphatic rings. The zero-order chi connectivity index (χ0) is 17.1. The highest BCUT2D eigenvalue weighted by atomic mass is 35.5. The van der Waals surface area contributed by atoms with Gasteiger partial charge in [-0.2, -0.15) is 5.10 Å². The van der Waals surface area contributed by atoms with E-state index in [4.69, 9.17) is 11.6 Å². The van der Waals surface area contributed by atoms with Crippen molar-refractivity contribution in [3.8, 4) is 0 Å². The number of hydrogen-bond acceptors (Lipinski definition) is 4. The maximum atomic E-state index is 12.5. The molecule has 1 aromatic carbocycles. The number of amides is 1. The SMILES string of the molecule is CCC(C(=O)Nc1ccc([N+](=O)[O-])cc1)n1nc(C)c(Cl)c1C. The van der Waals surface area contributed by atoms with Gasteiger partial charge in [0.2, 0.25) is 5.91 Å². The molecule has 122 valence electrons. The van der Waals surface area contributed by atoms with E-state index in [0.29, 0.717) is 22.8 Å². The summed E-state index contributed by atoms with van der Waals surface area (Å²) in [4.78, 5) is 22.6. The van der Waals surface area contributed by atoms with Gasteiger partial charge in [0.1, 0.15) is 6.04 Å². The maximum Gasteiger partial charge on any atom is 0.269 e. The summed E-state index contributed by atoms with van der Waals surface area (Å²) in [5, 5.41) is 18.3. The molecule has 0 saturated heterocycles. The van der Waals surface area contributed by atoms with Crippen LogP contribution in [0.4, 0.5) is 11.4 Å². The van der Waals surface area contributed by atoms with Gasteiger partial charge in [-0.05, 0) is 32.4 Å². The number of anilines is 1. The number of carbonyl (C=O) groups is 1. The molecule has 0 spiro atoms. The highest BCUT2D eigenvalue weighted by molar-refractivity contribution is 6.31. The fraction of sp³-hybridized carbons (Fsp3) is 0.333. The highest BCUT2D eigenvalue weighted by Gasteiger charge is 2.23. The van der Waals surface area contributed by atoms with Crippen molar-refractivity contribution >= 4 is 28.9 Å². The van der Waals surface area contributed by atoms with E-state index in [9.17, 15) is 14.9 Å². The monoisotopic (exact) mass is 336 g/mol. The number of carbonyl (C=O) groups excluding carboxylic acids is 1. The Morgan fingerprint density at radius 2 is 2.00 bits per heavy atom. The van der Waals surface area contributed by atoms with Crippen LogP contribution >= 0.6 is 11.6 Å². The van der Waals surface area contributed by atoms with E-state index < -0.39 is 11.0 Å². The van der Waals surface area contributed by atoms with Crippen LogP contribution in [0, 0.1) is 24.0 Å². The Bertz CT molecular complexity index is 740. The first-order valence-electron chi connectivity index (χ1n) is 7.11. The summed E-state index contributed by atoms with van der Waals surface area (Å²) >= 11 is 6.13. The van der Waals surface area contributed by atoms with Crippen LogP contribution in [0.25, 0.3) is 0 Å². The summed E-state index contributed by atoms with van der Waals surface area (Å²) in [5.74, 6) is -0.247. The van der Waals surface area contributed by atoms with Gasteiger partial charge in [-0.15, -0.1) is 0 Å². The molecule has 0 aliphatic carbocycles. The molecule has 23 heavy (non-hydrogen) atoms. The minimum Gasteiger partial charge on any atom is -0.324 e. The Kier molecular flexibility index (Phi) is 5.00. The largest absolute Gasteiger partial charge is 0.324 e. The number of nitro benzene ring substituents is 1. The van der Waals surface area contributed by atoms with Crippen LogP contribution in [-0.4, -0.2) is 20.6 Å². The van der Waals surface area contributed by atoms with Gasteiger partial charge in [-0.25, -0.2) is 0 Å². The molecule has 1 aromatic heterocycles. The normalized spacial score (nSPS) is 12.0. The number of nitro groups is 1. The Morgan fingerprint density at radius 3 is 2.43 bits per heavy atom. The van der Waals surface area contributed by atoms with E-state index in [1.54, 1.807) is 11.6 Å². The molecule has 1 atom stereocenters. The van der Waals surface area contributed by atoms with Crippen LogP contribution in [0.5, 0.6) is 0 Å². The molecule has 1 unspecified atom stereocenters. The summed E-state index contributed by atoms with van der Waals surface area (Å²) in [5.41, 5.74) is 1.87. The molecule has 0 radical (unpaired) electrons. The molecule has 7 nitrogen and oxygen atoms in total. The van der Waals surface area contributed by atoms with Gasteiger partial charge in [-0.3, -0.25) is 19.6 Å². The lowest BCUT2D eigenvalue weighted by Gasteiger charge is -2.17. The Balaban J connectivity index is 2.20. The second kappa shape index (κ2) is 6.78. The van der Waals surface area contributed by atoms with E-state index in [2.05, 4.69) is 10.4 Å². The highest BCUT2D eigenvalue weighted by Crippen LogP contribution is 2.25. The van der Waals surface area contributed by atoms with Crippen LogP contribution in [0.1, 0.15) is 30.8 Å². The first kappa shape index (κ1) is 17.0. The zero-order valence-electron chi connectivity index (χ0n) is 13.0. The second-order valence-corrected chi connectivity index (χ2v) is 5.52. The minimum absolute atomic E-state index is 0.0274. The Labute approximate surface area is 138 Å². The average Bonchev–Trinajstić information content (AvgIpc) is 2.76. The lowest BCUT2D eigenvalue weighted by molar-refractivity contribution is -0.384. The lowest BCUT2D eigenvalue weighted by Crippen LogP contribution is -2.27. The van der Waals surface area contributed by atoms with Crippen molar-refractivity contribution in [2.75, 3.05) is 5.32 Å². The standard InChI is InChI=1S/C15H17ClN4O3/c1-4-13(19-10(3)14(16)9(2)18-19)15(21)17-11-5-7-12(8-6-11)20(22)23/h5-8,13H,4H2,1-3H3,(H,17,21). The molecule has 2 aromatic rings. The Morgan fingerprint density at radius 1 is 1.39 bits per heavy atom. The van der Waals surface area contributed by atoms with Crippen molar-refractivity contribution < 1.29 is 9.72 Å². The topological polar surface area (TPSA) is 90.1 Å². The summed E-state index contributed by atoms with van der Waals surface area (Å²) in [7, 11) is 0. The quantitative estimate of drug-likeness (QED) is 0.666. The summed E-state index contributed by atoms with van der Waals surface area (Å²) in [6.45, 7) is 5.47. The third kappa shape index (κ3) is 3.50. The number of rotatable bonds is 5. The third-order valence-electron chi connectivity index (χ3n) is 3.57. The first-order chi connectivity index (χ1) is 10.8. The van der Waals surface area contributed by atoms with Crippen LogP contribution in [0.15, 0.2) is 24.3 Å². The van der Waals surface area contributed by atoms with Crippen LogP contribution < -0.4 is 5.32 Å². The minimum atomic E-state index is -0.503. The smallest absolute Gasteiger partial charge is 0.269 e. The summed E-state index contributed by atoms with van der Waals surface area (Å²) < 4.78 is 1.61. The molecule has 1 heterocycles. The molecule has 0 bridgehead atoms. The van der Waals surface area contributed by atoms with Gasteiger partial charge in [0.15, 0.2) is 0 Å².